The summed E-state index contributed by atoms with van der Waals surface area (Å²) in [5.41, 5.74) is -1.74. The Morgan fingerprint density at radius 2 is 1.67 bits per heavy atom. The molecule has 0 aliphatic carbocycles. The smallest absolute Gasteiger partial charge is 0.376 e. The first-order valence-electron chi connectivity index (χ1n) is 8.99. The maximum absolute atomic E-state index is 13.9. The minimum atomic E-state index is -4.83. The number of nitrogens with zero attached hydrogens (tertiary/aromatic N) is 2. The summed E-state index contributed by atoms with van der Waals surface area (Å²) in [6, 6.07) is 20.5. The summed E-state index contributed by atoms with van der Waals surface area (Å²) in [7, 11) is 0. The van der Waals surface area contributed by atoms with Crippen molar-refractivity contribution in [1.29, 1.82) is 0 Å². The van der Waals surface area contributed by atoms with Crippen LogP contribution in [0.5, 0.6) is 0 Å². The van der Waals surface area contributed by atoms with Crippen LogP contribution in [0.25, 0.3) is 16.6 Å². The average Bonchev–Trinajstić information content (AvgIpc) is 3.16. The molecule has 1 unspecified atom stereocenters. The van der Waals surface area contributed by atoms with E-state index >= 15 is 0 Å². The van der Waals surface area contributed by atoms with Crippen LogP contribution < -0.4 is 0 Å². The van der Waals surface area contributed by atoms with Crippen molar-refractivity contribution in [2.24, 2.45) is 0 Å². The van der Waals surface area contributed by atoms with Crippen molar-refractivity contribution >= 4 is 38.6 Å². The highest BCUT2D eigenvalue weighted by Crippen LogP contribution is 2.43. The molecular weight excluding hydrogens is 477 g/mol. The molecule has 3 nitrogen and oxygen atoms in total. The molecule has 0 saturated carbocycles. The Labute approximate surface area is 183 Å². The lowest BCUT2D eigenvalue weighted by molar-refractivity contribution is -0.256. The Morgan fingerprint density at radius 1 is 0.967 bits per heavy atom. The van der Waals surface area contributed by atoms with Gasteiger partial charge in [0.25, 0.3) is 0 Å². The molecule has 1 N–H and O–H groups in total. The van der Waals surface area contributed by atoms with Gasteiger partial charge >= 0.3 is 6.18 Å². The summed E-state index contributed by atoms with van der Waals surface area (Å²) in [4.78, 5) is 0.638. The number of benzene rings is 3. The standard InChI is InChI=1S/C22H16BrF3N2OS/c23-17-7-9-19(10-8-17)30-14-21(29,22(24,25)26)16-6-11-20-15(12-16)13-27-28(20)18-4-2-1-3-5-18/h1-13,29H,14H2. The molecule has 4 aromatic rings. The molecule has 0 radical (unpaired) electrons. The maximum Gasteiger partial charge on any atom is 0.422 e. The third-order valence-electron chi connectivity index (χ3n) is 4.78. The molecule has 3 aromatic carbocycles. The number of hydrogen-bond donors (Lipinski definition) is 1. The Bertz CT molecular complexity index is 1160. The number of alkyl halides is 3. The number of aromatic nitrogens is 2. The summed E-state index contributed by atoms with van der Waals surface area (Å²) in [6.45, 7) is 0. The van der Waals surface area contributed by atoms with Gasteiger partial charge in [0.2, 0.25) is 0 Å². The SMILES string of the molecule is OC(CSc1ccc(Br)cc1)(c1ccc2c(cnn2-c2ccccc2)c1)C(F)(F)F. The molecule has 0 amide bonds. The van der Waals surface area contributed by atoms with Crippen LogP contribution in [0.1, 0.15) is 5.56 Å². The van der Waals surface area contributed by atoms with Gasteiger partial charge in [-0.25, -0.2) is 4.68 Å². The number of fused-ring (bicyclic) bond motifs is 1. The normalized spacial score (nSPS) is 14.0. The Balaban J connectivity index is 1.69. The largest absolute Gasteiger partial charge is 0.422 e. The molecule has 1 atom stereocenters. The zero-order valence-corrected chi connectivity index (χ0v) is 17.9. The Kier molecular flexibility index (Phi) is 5.65. The molecule has 0 fully saturated rings. The highest BCUT2D eigenvalue weighted by atomic mass is 79.9. The number of thioether (sulfide) groups is 1. The molecule has 0 spiro atoms. The van der Waals surface area contributed by atoms with Crippen LogP contribution in [-0.2, 0) is 5.60 Å². The first-order chi connectivity index (χ1) is 14.3. The van der Waals surface area contributed by atoms with E-state index in [1.54, 1.807) is 35.0 Å². The van der Waals surface area contributed by atoms with E-state index in [0.717, 1.165) is 21.9 Å². The number of rotatable bonds is 5. The summed E-state index contributed by atoms with van der Waals surface area (Å²) in [6.07, 6.45) is -3.33. The molecule has 0 aliphatic rings. The van der Waals surface area contributed by atoms with E-state index in [9.17, 15) is 18.3 Å². The first-order valence-corrected chi connectivity index (χ1v) is 10.8. The molecule has 30 heavy (non-hydrogen) atoms. The van der Waals surface area contributed by atoms with Gasteiger partial charge in [-0.05, 0) is 54.1 Å². The van der Waals surface area contributed by atoms with E-state index in [0.29, 0.717) is 15.8 Å². The van der Waals surface area contributed by atoms with Gasteiger partial charge in [0.05, 0.1) is 17.4 Å². The van der Waals surface area contributed by atoms with Gasteiger partial charge in [-0.1, -0.05) is 40.2 Å². The first kappa shape index (κ1) is 21.0. The van der Waals surface area contributed by atoms with Crippen molar-refractivity contribution in [2.75, 3.05) is 5.75 Å². The van der Waals surface area contributed by atoms with Crippen LogP contribution >= 0.6 is 27.7 Å². The number of aliphatic hydroxyl groups is 1. The Morgan fingerprint density at radius 3 is 2.33 bits per heavy atom. The minimum Gasteiger partial charge on any atom is -0.376 e. The number of halogens is 4. The molecule has 1 aromatic heterocycles. The molecule has 154 valence electrons. The topological polar surface area (TPSA) is 38.1 Å². The van der Waals surface area contributed by atoms with Crippen molar-refractivity contribution in [1.82, 2.24) is 9.78 Å². The van der Waals surface area contributed by atoms with Crippen LogP contribution in [0.2, 0.25) is 0 Å². The lowest BCUT2D eigenvalue weighted by Crippen LogP contribution is -2.44. The molecule has 1 heterocycles. The maximum atomic E-state index is 13.9. The van der Waals surface area contributed by atoms with Crippen LogP contribution in [0.3, 0.4) is 0 Å². The van der Waals surface area contributed by atoms with E-state index in [-0.39, 0.29) is 5.56 Å². The van der Waals surface area contributed by atoms with Crippen molar-refractivity contribution in [2.45, 2.75) is 16.7 Å². The quantitative estimate of drug-likeness (QED) is 0.330. The summed E-state index contributed by atoms with van der Waals surface area (Å²) in [5.74, 6) is -0.559. The fourth-order valence-electron chi connectivity index (χ4n) is 3.11. The third kappa shape index (κ3) is 3.99. The van der Waals surface area contributed by atoms with Gasteiger partial charge in [0.1, 0.15) is 0 Å². The highest BCUT2D eigenvalue weighted by Gasteiger charge is 2.55. The zero-order chi connectivity index (χ0) is 21.4. The second-order valence-corrected chi connectivity index (χ2v) is 8.73. The lowest BCUT2D eigenvalue weighted by Gasteiger charge is -2.30. The molecule has 0 saturated heterocycles. The van der Waals surface area contributed by atoms with Gasteiger partial charge in [-0.3, -0.25) is 0 Å². The lowest BCUT2D eigenvalue weighted by atomic mass is 9.94. The monoisotopic (exact) mass is 492 g/mol. The van der Waals surface area contributed by atoms with E-state index in [2.05, 4.69) is 21.0 Å². The van der Waals surface area contributed by atoms with Gasteiger partial charge < -0.3 is 5.11 Å². The third-order valence-corrected chi connectivity index (χ3v) is 6.47. The van der Waals surface area contributed by atoms with E-state index in [4.69, 9.17) is 0 Å². The predicted octanol–water partition coefficient (Wildman–Crippen LogP) is 6.33. The fourth-order valence-corrected chi connectivity index (χ4v) is 4.41. The van der Waals surface area contributed by atoms with E-state index in [1.165, 1.54) is 18.3 Å². The average molecular weight is 493 g/mol. The van der Waals surface area contributed by atoms with Crippen molar-refractivity contribution in [3.8, 4) is 5.69 Å². The second kappa shape index (κ2) is 8.09. The van der Waals surface area contributed by atoms with Crippen molar-refractivity contribution in [3.63, 3.8) is 0 Å². The molecule has 4 rings (SSSR count). The zero-order valence-electron chi connectivity index (χ0n) is 15.5. The molecule has 8 heteroatoms. The Hall–Kier alpha value is -2.29. The second-order valence-electron chi connectivity index (χ2n) is 6.77. The van der Waals surface area contributed by atoms with Crippen molar-refractivity contribution < 1.29 is 18.3 Å². The van der Waals surface area contributed by atoms with E-state index in [1.807, 2.05) is 30.3 Å². The molecule has 0 bridgehead atoms. The predicted molar refractivity (Wildman–Crippen MR) is 116 cm³/mol. The van der Waals surface area contributed by atoms with Gasteiger partial charge in [-0.15, -0.1) is 11.8 Å². The number of hydrogen-bond acceptors (Lipinski definition) is 3. The summed E-state index contributed by atoms with van der Waals surface area (Å²) < 4.78 is 44.3. The van der Waals surface area contributed by atoms with Crippen LogP contribution in [-0.4, -0.2) is 26.8 Å². The summed E-state index contributed by atoms with van der Waals surface area (Å²) >= 11 is 4.25. The van der Waals surface area contributed by atoms with Crippen molar-refractivity contribution in [3.05, 3.63) is 89.0 Å². The molecular formula is C22H16BrF3N2OS. The minimum absolute atomic E-state index is 0.209. The van der Waals surface area contributed by atoms with Crippen LogP contribution in [0.15, 0.2) is 88.4 Å². The highest BCUT2D eigenvalue weighted by molar-refractivity contribution is 9.10. The van der Waals surface area contributed by atoms with Crippen LogP contribution in [0, 0.1) is 0 Å². The van der Waals surface area contributed by atoms with Crippen LogP contribution in [0.4, 0.5) is 13.2 Å². The van der Waals surface area contributed by atoms with Gasteiger partial charge in [0.15, 0.2) is 5.60 Å². The van der Waals surface area contributed by atoms with E-state index < -0.39 is 17.5 Å². The molecule has 0 aliphatic heterocycles. The summed E-state index contributed by atoms with van der Waals surface area (Å²) in [5, 5.41) is 15.6. The number of para-hydroxylation sites is 1. The fraction of sp³-hybridized carbons (Fsp3) is 0.136. The van der Waals surface area contributed by atoms with Gasteiger partial charge in [-0.2, -0.15) is 18.3 Å². The van der Waals surface area contributed by atoms with Gasteiger partial charge in [0, 0.05) is 20.5 Å².